The first-order valence-corrected chi connectivity index (χ1v) is 9.73. The van der Waals surface area contributed by atoms with E-state index >= 15 is 0 Å². The smallest absolute Gasteiger partial charge is 0.289 e. The maximum absolute atomic E-state index is 13.6. The molecule has 1 atom stereocenters. The Morgan fingerprint density at radius 3 is 2.36 bits per heavy atom. The van der Waals surface area contributed by atoms with Crippen LogP contribution in [0.25, 0.3) is 0 Å². The molecule has 0 saturated carbocycles. The van der Waals surface area contributed by atoms with Crippen LogP contribution in [-0.2, 0) is 4.79 Å². The highest BCUT2D eigenvalue weighted by molar-refractivity contribution is 5.91. The number of carbonyl (C=O) groups excluding carboxylic acids is 2. The summed E-state index contributed by atoms with van der Waals surface area (Å²) < 4.78 is 18.8. The molecule has 1 saturated heterocycles. The molecule has 5 nitrogen and oxygen atoms in total. The van der Waals surface area contributed by atoms with Gasteiger partial charge in [-0.2, -0.15) is 0 Å². The highest BCUT2D eigenvalue weighted by Gasteiger charge is 2.28. The van der Waals surface area contributed by atoms with Crippen molar-refractivity contribution in [2.45, 2.75) is 33.1 Å². The largest absolute Gasteiger partial charge is 0.459 e. The molecule has 0 bridgehead atoms. The van der Waals surface area contributed by atoms with Crippen molar-refractivity contribution in [1.82, 2.24) is 9.80 Å². The number of hydrogen-bond donors (Lipinski definition) is 0. The Balaban J connectivity index is 1.60. The van der Waals surface area contributed by atoms with E-state index in [1.54, 1.807) is 30.0 Å². The monoisotopic (exact) mass is 386 g/mol. The van der Waals surface area contributed by atoms with Crippen molar-refractivity contribution in [2.75, 3.05) is 26.2 Å². The third kappa shape index (κ3) is 4.43. The molecule has 6 heteroatoms. The fourth-order valence-corrected chi connectivity index (χ4v) is 3.67. The second-order valence-corrected chi connectivity index (χ2v) is 7.71. The molecule has 28 heavy (non-hydrogen) atoms. The highest BCUT2D eigenvalue weighted by Crippen LogP contribution is 2.30. The molecule has 3 rings (SSSR count). The van der Waals surface area contributed by atoms with Gasteiger partial charge in [0.15, 0.2) is 5.76 Å². The number of amides is 2. The Morgan fingerprint density at radius 2 is 1.79 bits per heavy atom. The molecule has 2 amide bonds. The van der Waals surface area contributed by atoms with Gasteiger partial charge in [0, 0.05) is 32.6 Å². The molecule has 1 aromatic heterocycles. The maximum atomic E-state index is 13.6. The summed E-state index contributed by atoms with van der Waals surface area (Å²) in [5.74, 6) is 0.330. The lowest BCUT2D eigenvalue weighted by Gasteiger charge is -2.35. The van der Waals surface area contributed by atoms with Crippen LogP contribution in [0.5, 0.6) is 0 Å². The fraction of sp³-hybridized carbons (Fsp3) is 0.455. The Morgan fingerprint density at radius 1 is 1.11 bits per heavy atom. The predicted octanol–water partition coefficient (Wildman–Crippen LogP) is 3.84. The lowest BCUT2D eigenvalue weighted by atomic mass is 9.84. The van der Waals surface area contributed by atoms with Crippen LogP contribution in [0.15, 0.2) is 41.0 Å². The Labute approximate surface area is 165 Å². The summed E-state index contributed by atoms with van der Waals surface area (Å²) in [5, 5.41) is 0. The third-order valence-corrected chi connectivity index (χ3v) is 5.46. The molecule has 1 aliphatic heterocycles. The molecule has 0 N–H and O–H groups in total. The third-order valence-electron chi connectivity index (χ3n) is 5.46. The van der Waals surface area contributed by atoms with Crippen LogP contribution in [0.3, 0.4) is 0 Å². The van der Waals surface area contributed by atoms with Crippen molar-refractivity contribution >= 4 is 11.8 Å². The van der Waals surface area contributed by atoms with Crippen LogP contribution in [0.2, 0.25) is 0 Å². The Kier molecular flexibility index (Phi) is 6.17. The fourth-order valence-electron chi connectivity index (χ4n) is 3.67. The average Bonchev–Trinajstić information content (AvgIpc) is 3.22. The van der Waals surface area contributed by atoms with E-state index in [-0.39, 0.29) is 29.5 Å². The number of aryl methyl sites for hydroxylation is 1. The van der Waals surface area contributed by atoms with Crippen molar-refractivity contribution in [3.05, 3.63) is 59.3 Å². The van der Waals surface area contributed by atoms with Gasteiger partial charge >= 0.3 is 0 Å². The molecular formula is C22H27FN2O3. The van der Waals surface area contributed by atoms with Gasteiger partial charge in [-0.15, -0.1) is 0 Å². The minimum absolute atomic E-state index is 0.0366. The number of hydrogen-bond acceptors (Lipinski definition) is 3. The second kappa shape index (κ2) is 8.59. The number of furan rings is 1. The first kappa shape index (κ1) is 20.1. The topological polar surface area (TPSA) is 53.8 Å². The summed E-state index contributed by atoms with van der Waals surface area (Å²) in [6, 6.07) is 8.44. The first-order chi connectivity index (χ1) is 13.4. The van der Waals surface area contributed by atoms with Crippen molar-refractivity contribution < 1.29 is 18.4 Å². The van der Waals surface area contributed by atoms with Crippen molar-refractivity contribution in [3.63, 3.8) is 0 Å². The summed E-state index contributed by atoms with van der Waals surface area (Å²) in [6.07, 6.45) is 1.87. The van der Waals surface area contributed by atoms with E-state index in [9.17, 15) is 14.0 Å². The van der Waals surface area contributed by atoms with E-state index in [2.05, 4.69) is 13.8 Å². The summed E-state index contributed by atoms with van der Waals surface area (Å²) in [5.41, 5.74) is 1.59. The minimum Gasteiger partial charge on any atom is -0.459 e. The number of rotatable bonds is 5. The lowest BCUT2D eigenvalue weighted by molar-refractivity contribution is -0.133. The summed E-state index contributed by atoms with van der Waals surface area (Å²) >= 11 is 0. The van der Waals surface area contributed by atoms with Gasteiger partial charge in [0.05, 0.1) is 6.26 Å². The zero-order valence-corrected chi connectivity index (χ0v) is 16.7. The van der Waals surface area contributed by atoms with E-state index in [0.29, 0.717) is 43.9 Å². The second-order valence-electron chi connectivity index (χ2n) is 7.71. The van der Waals surface area contributed by atoms with Crippen molar-refractivity contribution in [3.8, 4) is 0 Å². The minimum atomic E-state index is -0.227. The number of benzene rings is 1. The summed E-state index contributed by atoms with van der Waals surface area (Å²) in [4.78, 5) is 28.8. The molecule has 1 aliphatic rings. The van der Waals surface area contributed by atoms with Gasteiger partial charge < -0.3 is 14.2 Å². The van der Waals surface area contributed by atoms with E-state index in [4.69, 9.17) is 4.42 Å². The number of halogens is 1. The molecule has 1 unspecified atom stereocenters. The van der Waals surface area contributed by atoms with Gasteiger partial charge in [0.1, 0.15) is 5.82 Å². The van der Waals surface area contributed by atoms with Crippen molar-refractivity contribution in [1.29, 1.82) is 0 Å². The van der Waals surface area contributed by atoms with E-state index < -0.39 is 0 Å². The van der Waals surface area contributed by atoms with Crippen LogP contribution in [0.4, 0.5) is 4.39 Å². The van der Waals surface area contributed by atoms with Gasteiger partial charge in [-0.3, -0.25) is 9.59 Å². The number of carbonyl (C=O) groups is 2. The SMILES string of the molecule is Cc1cc(C(CC(=O)N2CCN(C(=O)c3ccco3)CC2)C(C)C)ccc1F. The molecule has 1 aromatic carbocycles. The van der Waals surface area contributed by atoms with Crippen LogP contribution in [-0.4, -0.2) is 47.8 Å². The van der Waals surface area contributed by atoms with Gasteiger partial charge in [0.25, 0.3) is 5.91 Å². The van der Waals surface area contributed by atoms with Gasteiger partial charge in [-0.05, 0) is 48.1 Å². The van der Waals surface area contributed by atoms with Gasteiger partial charge in [-0.25, -0.2) is 4.39 Å². The molecule has 0 spiro atoms. The predicted molar refractivity (Wildman–Crippen MR) is 105 cm³/mol. The highest BCUT2D eigenvalue weighted by atomic mass is 19.1. The maximum Gasteiger partial charge on any atom is 0.289 e. The Bertz CT molecular complexity index is 824. The molecule has 2 heterocycles. The number of piperazine rings is 1. The van der Waals surface area contributed by atoms with Crippen LogP contribution >= 0.6 is 0 Å². The standard InChI is InChI=1S/C22H27FN2O3/c1-15(2)18(17-6-7-19(23)16(3)13-17)14-21(26)24-8-10-25(11-9-24)22(27)20-5-4-12-28-20/h4-7,12-13,15,18H,8-11,14H2,1-3H3. The summed E-state index contributed by atoms with van der Waals surface area (Å²) in [6.45, 7) is 7.91. The Hall–Kier alpha value is -2.63. The van der Waals surface area contributed by atoms with E-state index in [1.165, 1.54) is 12.3 Å². The lowest BCUT2D eigenvalue weighted by Crippen LogP contribution is -2.50. The summed E-state index contributed by atoms with van der Waals surface area (Å²) in [7, 11) is 0. The number of nitrogens with zero attached hydrogens (tertiary/aromatic N) is 2. The van der Waals surface area contributed by atoms with Crippen LogP contribution in [0.1, 0.15) is 47.9 Å². The molecule has 150 valence electrons. The van der Waals surface area contributed by atoms with Crippen LogP contribution in [0, 0.1) is 18.7 Å². The molecule has 0 radical (unpaired) electrons. The molecular weight excluding hydrogens is 359 g/mol. The first-order valence-electron chi connectivity index (χ1n) is 9.73. The van der Waals surface area contributed by atoms with E-state index in [0.717, 1.165) is 5.56 Å². The molecule has 0 aliphatic carbocycles. The average molecular weight is 386 g/mol. The van der Waals surface area contributed by atoms with Gasteiger partial charge in [-0.1, -0.05) is 26.0 Å². The van der Waals surface area contributed by atoms with Gasteiger partial charge in [0.2, 0.25) is 5.91 Å². The van der Waals surface area contributed by atoms with Crippen LogP contribution < -0.4 is 0 Å². The molecule has 2 aromatic rings. The zero-order chi connectivity index (χ0) is 20.3. The quantitative estimate of drug-likeness (QED) is 0.785. The van der Waals surface area contributed by atoms with Crippen molar-refractivity contribution in [2.24, 2.45) is 5.92 Å². The molecule has 1 fully saturated rings. The van der Waals surface area contributed by atoms with E-state index in [1.807, 2.05) is 11.0 Å². The normalized spacial score (nSPS) is 15.8. The zero-order valence-electron chi connectivity index (χ0n) is 16.7.